The Kier molecular flexibility index (Phi) is 5.33. The summed E-state index contributed by atoms with van der Waals surface area (Å²) in [6, 6.07) is 8.45. The number of carbonyl (C=O) groups excluding carboxylic acids is 1. The standard InChI is InChI=1S/C18H20FN3O3S/c1-13-3-2-9-20-17(13)11-21-18(23)14-8-10-22(12-14)26(24,25)16-6-4-15(19)5-7-16/h2-7,9,14H,8,10-12H2,1H3,(H,21,23). The Hall–Kier alpha value is -2.32. The van der Waals surface area contributed by atoms with Crippen LogP contribution in [0, 0.1) is 18.7 Å². The Morgan fingerprint density at radius 2 is 2.04 bits per heavy atom. The fourth-order valence-electron chi connectivity index (χ4n) is 2.93. The zero-order chi connectivity index (χ0) is 18.7. The Bertz CT molecular complexity index is 900. The molecule has 0 aliphatic carbocycles. The Morgan fingerprint density at radius 1 is 1.31 bits per heavy atom. The van der Waals surface area contributed by atoms with Crippen molar-refractivity contribution in [3.05, 3.63) is 59.7 Å². The maximum Gasteiger partial charge on any atom is 0.243 e. The van der Waals surface area contributed by atoms with E-state index in [1.807, 2.05) is 19.1 Å². The van der Waals surface area contributed by atoms with E-state index in [-0.39, 0.29) is 23.9 Å². The number of aryl methyl sites for hydroxylation is 1. The minimum atomic E-state index is -3.72. The Balaban J connectivity index is 1.62. The van der Waals surface area contributed by atoms with Crippen LogP contribution in [-0.4, -0.2) is 36.7 Å². The normalized spacial score (nSPS) is 18.0. The van der Waals surface area contributed by atoms with Crippen molar-refractivity contribution < 1.29 is 17.6 Å². The number of nitrogens with zero attached hydrogens (tertiary/aromatic N) is 2. The zero-order valence-electron chi connectivity index (χ0n) is 14.4. The van der Waals surface area contributed by atoms with Gasteiger partial charge in [-0.1, -0.05) is 6.07 Å². The smallest absolute Gasteiger partial charge is 0.243 e. The highest BCUT2D eigenvalue weighted by Crippen LogP contribution is 2.24. The summed E-state index contributed by atoms with van der Waals surface area (Å²) in [6.07, 6.45) is 2.12. The van der Waals surface area contributed by atoms with Gasteiger partial charge in [-0.25, -0.2) is 12.8 Å². The first-order valence-electron chi connectivity index (χ1n) is 8.32. The van der Waals surface area contributed by atoms with Gasteiger partial charge in [0, 0.05) is 19.3 Å². The molecule has 2 aromatic rings. The summed E-state index contributed by atoms with van der Waals surface area (Å²) < 4.78 is 39.5. The lowest BCUT2D eigenvalue weighted by molar-refractivity contribution is -0.124. The van der Waals surface area contributed by atoms with E-state index in [9.17, 15) is 17.6 Å². The zero-order valence-corrected chi connectivity index (χ0v) is 15.2. The second-order valence-corrected chi connectivity index (χ2v) is 8.23. The lowest BCUT2D eigenvalue weighted by Crippen LogP contribution is -2.34. The Morgan fingerprint density at radius 3 is 2.73 bits per heavy atom. The van der Waals surface area contributed by atoms with Gasteiger partial charge in [-0.05, 0) is 49.2 Å². The number of hydrogen-bond donors (Lipinski definition) is 1. The fourth-order valence-corrected chi connectivity index (χ4v) is 4.43. The van der Waals surface area contributed by atoms with E-state index in [2.05, 4.69) is 10.3 Å². The second kappa shape index (κ2) is 7.51. The molecule has 1 atom stereocenters. The van der Waals surface area contributed by atoms with Gasteiger partial charge in [0.1, 0.15) is 5.82 Å². The molecule has 0 radical (unpaired) electrons. The number of sulfonamides is 1. The third-order valence-electron chi connectivity index (χ3n) is 4.52. The quantitative estimate of drug-likeness (QED) is 0.863. The van der Waals surface area contributed by atoms with Gasteiger partial charge in [0.05, 0.1) is 23.1 Å². The predicted molar refractivity (Wildman–Crippen MR) is 94.1 cm³/mol. The lowest BCUT2D eigenvalue weighted by atomic mass is 10.1. The van der Waals surface area contributed by atoms with Crippen LogP contribution in [0.15, 0.2) is 47.5 Å². The van der Waals surface area contributed by atoms with Crippen molar-refractivity contribution in [3.8, 4) is 0 Å². The summed E-state index contributed by atoms with van der Waals surface area (Å²) >= 11 is 0. The highest BCUT2D eigenvalue weighted by atomic mass is 32.2. The van der Waals surface area contributed by atoms with Gasteiger partial charge in [-0.15, -0.1) is 0 Å². The maximum absolute atomic E-state index is 13.0. The molecule has 0 saturated carbocycles. The molecule has 3 rings (SSSR count). The highest BCUT2D eigenvalue weighted by molar-refractivity contribution is 7.89. The summed E-state index contributed by atoms with van der Waals surface area (Å²) in [5.74, 6) is -1.09. The first kappa shape index (κ1) is 18.5. The van der Waals surface area contributed by atoms with E-state index in [0.717, 1.165) is 23.4 Å². The van der Waals surface area contributed by atoms with Gasteiger partial charge < -0.3 is 5.32 Å². The molecule has 1 N–H and O–H groups in total. The summed E-state index contributed by atoms with van der Waals surface area (Å²) in [4.78, 5) is 16.6. The molecule has 138 valence electrons. The van der Waals surface area contributed by atoms with Gasteiger partial charge >= 0.3 is 0 Å². The molecule has 2 heterocycles. The number of nitrogens with one attached hydrogen (secondary N) is 1. The molecule has 26 heavy (non-hydrogen) atoms. The summed E-state index contributed by atoms with van der Waals surface area (Å²) in [6.45, 7) is 2.61. The maximum atomic E-state index is 13.0. The third kappa shape index (κ3) is 3.91. The molecule has 1 amide bonds. The van der Waals surface area contributed by atoms with Gasteiger partial charge in [0.15, 0.2) is 0 Å². The van der Waals surface area contributed by atoms with Crippen LogP contribution in [0.1, 0.15) is 17.7 Å². The molecule has 1 aliphatic heterocycles. The summed E-state index contributed by atoms with van der Waals surface area (Å²) in [5.41, 5.74) is 1.77. The van der Waals surface area contributed by atoms with E-state index in [1.54, 1.807) is 6.20 Å². The molecular weight excluding hydrogens is 357 g/mol. The van der Waals surface area contributed by atoms with Crippen molar-refractivity contribution in [3.63, 3.8) is 0 Å². The number of hydrogen-bond acceptors (Lipinski definition) is 4. The number of halogens is 1. The van der Waals surface area contributed by atoms with Crippen LogP contribution in [0.3, 0.4) is 0 Å². The first-order chi connectivity index (χ1) is 12.4. The van der Waals surface area contributed by atoms with Gasteiger partial charge in [-0.2, -0.15) is 4.31 Å². The molecule has 6 nitrogen and oxygen atoms in total. The van der Waals surface area contributed by atoms with Gasteiger partial charge in [0.25, 0.3) is 0 Å². The van der Waals surface area contributed by atoms with Crippen molar-refractivity contribution in [1.29, 1.82) is 0 Å². The predicted octanol–water partition coefficient (Wildman–Crippen LogP) is 1.86. The van der Waals surface area contributed by atoms with Crippen molar-refractivity contribution >= 4 is 15.9 Å². The molecule has 0 spiro atoms. The van der Waals surface area contributed by atoms with E-state index in [4.69, 9.17) is 0 Å². The minimum Gasteiger partial charge on any atom is -0.350 e. The van der Waals surface area contributed by atoms with Crippen molar-refractivity contribution in [2.75, 3.05) is 13.1 Å². The lowest BCUT2D eigenvalue weighted by Gasteiger charge is -2.16. The molecule has 1 unspecified atom stereocenters. The van der Waals surface area contributed by atoms with E-state index >= 15 is 0 Å². The summed E-state index contributed by atoms with van der Waals surface area (Å²) in [5, 5.41) is 2.83. The third-order valence-corrected chi connectivity index (χ3v) is 6.40. The highest BCUT2D eigenvalue weighted by Gasteiger charge is 2.35. The van der Waals surface area contributed by atoms with Crippen LogP contribution in [0.4, 0.5) is 4.39 Å². The van der Waals surface area contributed by atoms with Crippen molar-refractivity contribution in [1.82, 2.24) is 14.6 Å². The molecule has 1 aromatic heterocycles. The number of amides is 1. The van der Waals surface area contributed by atoms with Gasteiger partial charge in [0.2, 0.25) is 15.9 Å². The molecule has 1 saturated heterocycles. The monoisotopic (exact) mass is 377 g/mol. The average molecular weight is 377 g/mol. The van der Waals surface area contributed by atoms with Crippen LogP contribution in [0.25, 0.3) is 0 Å². The number of carbonyl (C=O) groups is 1. The average Bonchev–Trinajstić information content (AvgIpc) is 3.12. The molecule has 8 heteroatoms. The topological polar surface area (TPSA) is 79.4 Å². The number of rotatable bonds is 5. The van der Waals surface area contributed by atoms with E-state index < -0.39 is 21.8 Å². The van der Waals surface area contributed by atoms with Gasteiger partial charge in [-0.3, -0.25) is 9.78 Å². The second-order valence-electron chi connectivity index (χ2n) is 6.29. The fraction of sp³-hybridized carbons (Fsp3) is 0.333. The van der Waals surface area contributed by atoms with E-state index in [0.29, 0.717) is 13.0 Å². The van der Waals surface area contributed by atoms with Crippen LogP contribution >= 0.6 is 0 Å². The minimum absolute atomic E-state index is 0.0315. The number of pyridine rings is 1. The molecule has 1 aromatic carbocycles. The van der Waals surface area contributed by atoms with Crippen molar-refractivity contribution in [2.45, 2.75) is 24.8 Å². The SMILES string of the molecule is Cc1cccnc1CNC(=O)C1CCN(S(=O)(=O)c2ccc(F)cc2)C1. The molecular formula is C18H20FN3O3S. The van der Waals surface area contributed by atoms with Crippen LogP contribution in [0.5, 0.6) is 0 Å². The summed E-state index contributed by atoms with van der Waals surface area (Å²) in [7, 11) is -3.72. The van der Waals surface area contributed by atoms with Crippen LogP contribution < -0.4 is 5.32 Å². The first-order valence-corrected chi connectivity index (χ1v) is 9.76. The van der Waals surface area contributed by atoms with E-state index in [1.165, 1.54) is 16.4 Å². The largest absolute Gasteiger partial charge is 0.350 e. The molecule has 0 bridgehead atoms. The van der Waals surface area contributed by atoms with Crippen LogP contribution in [-0.2, 0) is 21.4 Å². The number of aromatic nitrogens is 1. The number of benzene rings is 1. The Labute approximate surface area is 152 Å². The van der Waals surface area contributed by atoms with Crippen LogP contribution in [0.2, 0.25) is 0 Å². The molecule has 1 fully saturated rings. The molecule has 1 aliphatic rings. The van der Waals surface area contributed by atoms with Crippen molar-refractivity contribution in [2.24, 2.45) is 5.92 Å².